The molecule has 0 aliphatic rings. The van der Waals surface area contributed by atoms with Crippen LogP contribution in [0.2, 0.25) is 0 Å². The average molecular weight is 327 g/mol. The summed E-state index contributed by atoms with van der Waals surface area (Å²) >= 11 is 0. The molecule has 1 N–H and O–H groups in total. The van der Waals surface area contributed by atoms with Gasteiger partial charge in [-0.05, 0) is 44.2 Å². The summed E-state index contributed by atoms with van der Waals surface area (Å²) < 4.78 is 32.1. The third-order valence-electron chi connectivity index (χ3n) is 3.48. The highest BCUT2D eigenvalue weighted by Crippen LogP contribution is 2.21. The minimum Gasteiger partial charge on any atom is -0.375 e. The quantitative estimate of drug-likeness (QED) is 0.810. The summed E-state index contributed by atoms with van der Waals surface area (Å²) in [4.78, 5) is 11.9. The molecule has 5 heteroatoms. The number of hydrogen-bond acceptors (Lipinski definition) is 2. The second kappa shape index (κ2) is 7.86. The zero-order chi connectivity index (χ0) is 17.7. The van der Waals surface area contributed by atoms with Crippen molar-refractivity contribution in [1.82, 2.24) is 5.32 Å². The molecule has 130 valence electrons. The highest BCUT2D eigenvalue weighted by atomic mass is 19.1. The molecule has 0 radical (unpaired) electrons. The topological polar surface area (TPSA) is 38.3 Å². The lowest BCUT2D eigenvalue weighted by Crippen LogP contribution is -2.33. The third kappa shape index (κ3) is 8.07. The van der Waals surface area contributed by atoms with Gasteiger partial charge in [-0.2, -0.15) is 0 Å². The van der Waals surface area contributed by atoms with Crippen LogP contribution in [0.3, 0.4) is 0 Å². The highest BCUT2D eigenvalue weighted by Gasteiger charge is 2.20. The van der Waals surface area contributed by atoms with Gasteiger partial charge in [0, 0.05) is 24.8 Å². The summed E-state index contributed by atoms with van der Waals surface area (Å²) in [5.41, 5.74) is -0.175. The summed E-state index contributed by atoms with van der Waals surface area (Å²) in [6.07, 6.45) is 1.56. The minimum absolute atomic E-state index is 0.0195. The predicted octanol–water partition coefficient (Wildman–Crippen LogP) is 4.32. The number of hydrogen-bond donors (Lipinski definition) is 1. The molecule has 3 nitrogen and oxygen atoms in total. The van der Waals surface area contributed by atoms with E-state index >= 15 is 0 Å². The molecule has 1 amide bonds. The van der Waals surface area contributed by atoms with Crippen molar-refractivity contribution in [3.63, 3.8) is 0 Å². The van der Waals surface area contributed by atoms with Gasteiger partial charge in [-0.1, -0.05) is 20.8 Å². The molecule has 1 aromatic carbocycles. The first kappa shape index (κ1) is 19.6. The molecule has 0 aromatic heterocycles. The molecule has 0 bridgehead atoms. The zero-order valence-corrected chi connectivity index (χ0v) is 14.6. The lowest BCUT2D eigenvalue weighted by Gasteiger charge is -2.27. The smallest absolute Gasteiger partial charge is 0.251 e. The Kier molecular flexibility index (Phi) is 6.69. The first-order chi connectivity index (χ1) is 10.5. The largest absolute Gasteiger partial charge is 0.375 e. The van der Waals surface area contributed by atoms with Gasteiger partial charge in [0.2, 0.25) is 0 Å². The summed E-state index contributed by atoms with van der Waals surface area (Å²) in [6, 6.07) is 2.77. The van der Waals surface area contributed by atoms with E-state index in [-0.39, 0.29) is 16.6 Å². The van der Waals surface area contributed by atoms with Gasteiger partial charge in [0.1, 0.15) is 11.6 Å². The molecule has 0 heterocycles. The molecule has 0 aliphatic heterocycles. The second-order valence-corrected chi connectivity index (χ2v) is 7.58. The van der Waals surface area contributed by atoms with Crippen LogP contribution in [0.5, 0.6) is 0 Å². The van der Waals surface area contributed by atoms with Gasteiger partial charge in [0.05, 0.1) is 5.60 Å². The van der Waals surface area contributed by atoms with Crippen molar-refractivity contribution in [3.05, 3.63) is 35.4 Å². The molecule has 0 spiro atoms. The maximum absolute atomic E-state index is 13.1. The van der Waals surface area contributed by atoms with E-state index in [0.717, 1.165) is 24.6 Å². The van der Waals surface area contributed by atoms with Crippen LogP contribution in [-0.4, -0.2) is 24.7 Å². The van der Waals surface area contributed by atoms with Gasteiger partial charge in [-0.25, -0.2) is 8.78 Å². The van der Waals surface area contributed by atoms with E-state index in [1.807, 2.05) is 13.8 Å². The Morgan fingerprint density at radius 2 is 1.61 bits per heavy atom. The molecule has 0 fully saturated rings. The molecule has 23 heavy (non-hydrogen) atoms. The van der Waals surface area contributed by atoms with E-state index < -0.39 is 17.5 Å². The first-order valence-electron chi connectivity index (χ1n) is 7.87. The van der Waals surface area contributed by atoms with Crippen LogP contribution >= 0.6 is 0 Å². The molecular weight excluding hydrogens is 300 g/mol. The Balaban J connectivity index is 2.41. The van der Waals surface area contributed by atoms with Crippen LogP contribution in [0, 0.1) is 17.0 Å². The van der Waals surface area contributed by atoms with Gasteiger partial charge in [0.15, 0.2) is 0 Å². The van der Waals surface area contributed by atoms with Crippen LogP contribution in [-0.2, 0) is 4.74 Å². The van der Waals surface area contributed by atoms with Crippen LogP contribution in [0.1, 0.15) is 57.8 Å². The molecule has 0 atom stereocenters. The Bertz CT molecular complexity index is 516. The van der Waals surface area contributed by atoms with Crippen molar-refractivity contribution in [2.24, 2.45) is 5.41 Å². The lowest BCUT2D eigenvalue weighted by molar-refractivity contribution is -0.0322. The van der Waals surface area contributed by atoms with Crippen LogP contribution in [0.4, 0.5) is 8.78 Å². The molecular formula is C18H27F2NO2. The fourth-order valence-electron chi connectivity index (χ4n) is 1.97. The van der Waals surface area contributed by atoms with Crippen LogP contribution in [0.25, 0.3) is 0 Å². The van der Waals surface area contributed by atoms with Crippen molar-refractivity contribution < 1.29 is 18.3 Å². The van der Waals surface area contributed by atoms with Crippen molar-refractivity contribution in [2.75, 3.05) is 13.2 Å². The highest BCUT2D eigenvalue weighted by molar-refractivity contribution is 5.94. The minimum atomic E-state index is -0.763. The standard InChI is InChI=1S/C18H27F2NO2/c1-17(2,3)7-9-23-18(4,5)6-8-21-16(22)13-10-14(19)12-15(20)11-13/h10-12H,6-9H2,1-5H3,(H,21,22). The summed E-state index contributed by atoms with van der Waals surface area (Å²) in [7, 11) is 0. The van der Waals surface area contributed by atoms with Crippen LogP contribution < -0.4 is 5.32 Å². The number of amides is 1. The third-order valence-corrected chi connectivity index (χ3v) is 3.48. The Labute approximate surface area is 137 Å². The SMILES string of the molecule is CC(C)(C)CCOC(C)(C)CCNC(=O)c1cc(F)cc(F)c1. The molecule has 0 unspecified atom stereocenters. The van der Waals surface area contributed by atoms with E-state index in [2.05, 4.69) is 26.1 Å². The number of carbonyl (C=O) groups is 1. The first-order valence-corrected chi connectivity index (χ1v) is 7.87. The number of nitrogens with one attached hydrogen (secondary N) is 1. The average Bonchev–Trinajstić information content (AvgIpc) is 2.35. The monoisotopic (exact) mass is 327 g/mol. The molecule has 0 saturated carbocycles. The van der Waals surface area contributed by atoms with E-state index in [4.69, 9.17) is 4.74 Å². The molecule has 1 rings (SSSR count). The zero-order valence-electron chi connectivity index (χ0n) is 14.6. The van der Waals surface area contributed by atoms with Crippen molar-refractivity contribution in [1.29, 1.82) is 0 Å². The summed E-state index contributed by atoms with van der Waals surface area (Å²) in [6.45, 7) is 11.4. The van der Waals surface area contributed by atoms with Gasteiger partial charge >= 0.3 is 0 Å². The van der Waals surface area contributed by atoms with Crippen LogP contribution in [0.15, 0.2) is 18.2 Å². The second-order valence-electron chi connectivity index (χ2n) is 7.58. The van der Waals surface area contributed by atoms with E-state index in [0.29, 0.717) is 19.6 Å². The number of carbonyl (C=O) groups excluding carboxylic acids is 1. The van der Waals surface area contributed by atoms with Gasteiger partial charge in [-0.3, -0.25) is 4.79 Å². The number of halogens is 2. The molecule has 0 saturated heterocycles. The van der Waals surface area contributed by atoms with Gasteiger partial charge < -0.3 is 10.1 Å². The number of rotatable bonds is 7. The Morgan fingerprint density at radius 1 is 1.04 bits per heavy atom. The molecule has 0 aliphatic carbocycles. The van der Waals surface area contributed by atoms with Crippen molar-refractivity contribution in [3.8, 4) is 0 Å². The summed E-state index contributed by atoms with van der Waals surface area (Å²) in [5, 5.41) is 2.66. The van der Waals surface area contributed by atoms with Crippen molar-refractivity contribution in [2.45, 2.75) is 53.1 Å². The van der Waals surface area contributed by atoms with E-state index in [1.165, 1.54) is 0 Å². The normalized spacial score (nSPS) is 12.3. The van der Waals surface area contributed by atoms with E-state index in [1.54, 1.807) is 0 Å². The van der Waals surface area contributed by atoms with Crippen molar-refractivity contribution >= 4 is 5.91 Å². The number of ether oxygens (including phenoxy) is 1. The maximum atomic E-state index is 13.1. The Hall–Kier alpha value is -1.49. The van der Waals surface area contributed by atoms with Gasteiger partial charge in [-0.15, -0.1) is 0 Å². The predicted molar refractivity (Wildman–Crippen MR) is 87.4 cm³/mol. The maximum Gasteiger partial charge on any atom is 0.251 e. The lowest BCUT2D eigenvalue weighted by atomic mass is 9.93. The summed E-state index contributed by atoms with van der Waals surface area (Å²) in [5.74, 6) is -2.02. The number of benzene rings is 1. The fourth-order valence-corrected chi connectivity index (χ4v) is 1.97. The fraction of sp³-hybridized carbons (Fsp3) is 0.611. The van der Waals surface area contributed by atoms with Gasteiger partial charge in [0.25, 0.3) is 5.91 Å². The Morgan fingerprint density at radius 3 is 2.13 bits per heavy atom. The molecule has 1 aromatic rings. The van der Waals surface area contributed by atoms with E-state index in [9.17, 15) is 13.6 Å².